The first-order valence-electron chi connectivity index (χ1n) is 9.05. The third-order valence-electron chi connectivity index (χ3n) is 4.25. The first kappa shape index (κ1) is 24.2. The molecular weight excluding hydrogens is 421 g/mol. The predicted molar refractivity (Wildman–Crippen MR) is 99.0 cm³/mol. The third-order valence-corrected chi connectivity index (χ3v) is 4.25. The van der Waals surface area contributed by atoms with Crippen LogP contribution in [0.3, 0.4) is 0 Å². The summed E-state index contributed by atoms with van der Waals surface area (Å²) in [7, 11) is 0. The van der Waals surface area contributed by atoms with Crippen molar-refractivity contribution in [2.24, 2.45) is 0 Å². The Hall–Kier alpha value is -3.06. The summed E-state index contributed by atoms with van der Waals surface area (Å²) < 4.78 is 61.0. The molecule has 1 heterocycles. The smallest absolute Gasteiger partial charge is 0.417 e. The van der Waals surface area contributed by atoms with Gasteiger partial charge in [-0.15, -0.1) is 0 Å². The molecule has 0 spiro atoms. The molecule has 167 valence electrons. The minimum absolute atomic E-state index is 0.401. The lowest BCUT2D eigenvalue weighted by Gasteiger charge is -2.32. The third kappa shape index (κ3) is 5.76. The van der Waals surface area contributed by atoms with Crippen LogP contribution in [0, 0.1) is 18.8 Å². The molecule has 31 heavy (non-hydrogen) atoms. The van der Waals surface area contributed by atoms with Crippen LogP contribution in [0.2, 0.25) is 0 Å². The van der Waals surface area contributed by atoms with Gasteiger partial charge in [-0.1, -0.05) is 18.1 Å². The molecule has 0 amide bonds. The molecule has 10 heteroatoms. The number of alkyl halides is 3. The van der Waals surface area contributed by atoms with E-state index in [2.05, 4.69) is 18.8 Å². The van der Waals surface area contributed by atoms with Crippen molar-refractivity contribution in [2.45, 2.75) is 50.9 Å². The van der Waals surface area contributed by atoms with Crippen LogP contribution in [-0.2, 0) is 39.5 Å². The van der Waals surface area contributed by atoms with Crippen molar-refractivity contribution in [1.29, 1.82) is 0 Å². The van der Waals surface area contributed by atoms with Crippen LogP contribution < -0.4 is 0 Å². The summed E-state index contributed by atoms with van der Waals surface area (Å²) >= 11 is 0. The van der Waals surface area contributed by atoms with E-state index in [0.717, 1.165) is 32.9 Å². The maximum atomic E-state index is 13.3. The molecule has 1 aliphatic heterocycles. The van der Waals surface area contributed by atoms with E-state index in [1.165, 1.54) is 12.1 Å². The minimum Gasteiger partial charge on any atom is -0.463 e. The minimum atomic E-state index is -4.69. The summed E-state index contributed by atoms with van der Waals surface area (Å²) in [5.41, 5.74) is -3.48. The number of benzene rings is 1. The highest BCUT2D eigenvalue weighted by molar-refractivity contribution is 5.69. The molecule has 0 saturated carbocycles. The van der Waals surface area contributed by atoms with Gasteiger partial charge >= 0.3 is 24.1 Å². The molecular formula is C21H20F3O7. The van der Waals surface area contributed by atoms with Gasteiger partial charge < -0.3 is 18.9 Å². The largest absolute Gasteiger partial charge is 0.463 e. The molecule has 7 nitrogen and oxygen atoms in total. The first-order valence-corrected chi connectivity index (χ1v) is 9.05. The van der Waals surface area contributed by atoms with Crippen molar-refractivity contribution in [1.82, 2.24) is 0 Å². The van der Waals surface area contributed by atoms with Gasteiger partial charge in [0.2, 0.25) is 5.60 Å². The topological polar surface area (TPSA) is 88.1 Å². The zero-order chi connectivity index (χ0) is 23.4. The van der Waals surface area contributed by atoms with Gasteiger partial charge in [0, 0.05) is 26.3 Å². The van der Waals surface area contributed by atoms with Crippen molar-refractivity contribution in [3.8, 4) is 11.8 Å². The van der Waals surface area contributed by atoms with E-state index in [4.69, 9.17) is 18.9 Å². The zero-order valence-corrected chi connectivity index (χ0v) is 16.9. The Balaban J connectivity index is 2.64. The second kappa shape index (κ2) is 9.39. The number of carbonyl (C=O) groups excluding carboxylic acids is 3. The number of hydrogen-bond acceptors (Lipinski definition) is 7. The maximum absolute atomic E-state index is 13.3. The van der Waals surface area contributed by atoms with E-state index in [-0.39, 0.29) is 0 Å². The highest BCUT2D eigenvalue weighted by Crippen LogP contribution is 2.38. The predicted octanol–water partition coefficient (Wildman–Crippen LogP) is 2.46. The Kier molecular flexibility index (Phi) is 7.33. The lowest BCUT2D eigenvalue weighted by Crippen LogP contribution is -2.53. The molecule has 1 aromatic rings. The van der Waals surface area contributed by atoms with Crippen LogP contribution >= 0.6 is 0 Å². The molecule has 1 radical (unpaired) electrons. The van der Waals surface area contributed by atoms with Gasteiger partial charge in [0.05, 0.1) is 5.56 Å². The molecule has 1 fully saturated rings. The van der Waals surface area contributed by atoms with Gasteiger partial charge in [-0.05, 0) is 25.0 Å². The highest BCUT2D eigenvalue weighted by atomic mass is 19.4. The van der Waals surface area contributed by atoms with Gasteiger partial charge in [-0.25, -0.2) is 0 Å². The standard InChI is InChI=1S/C21H20F3O7/c1-12-19(30-14(3)26)20(31-15(4)27,18(29-12)11-28-13(2)25)10-9-16-7-5-6-8-17(16)21(22,23)24/h5-8,12,18-19H,1,11H2,2-4H3/t12-,18+,19-,20+/m0/s1. The summed E-state index contributed by atoms with van der Waals surface area (Å²) in [6.07, 6.45) is -8.47. The molecule has 0 bridgehead atoms. The van der Waals surface area contributed by atoms with E-state index in [9.17, 15) is 27.6 Å². The monoisotopic (exact) mass is 441 g/mol. The highest BCUT2D eigenvalue weighted by Gasteiger charge is 2.60. The summed E-state index contributed by atoms with van der Waals surface area (Å²) in [5.74, 6) is 2.50. The van der Waals surface area contributed by atoms with E-state index in [1.54, 1.807) is 0 Å². The van der Waals surface area contributed by atoms with E-state index >= 15 is 0 Å². The van der Waals surface area contributed by atoms with Gasteiger partial charge in [0.25, 0.3) is 0 Å². The van der Waals surface area contributed by atoms with Crippen molar-refractivity contribution in [3.05, 3.63) is 42.3 Å². The molecule has 0 aromatic heterocycles. The summed E-state index contributed by atoms with van der Waals surface area (Å²) in [5, 5.41) is 0. The Morgan fingerprint density at radius 1 is 1.13 bits per heavy atom. The zero-order valence-electron chi connectivity index (χ0n) is 16.9. The molecule has 0 aliphatic carbocycles. The normalized spacial score (nSPS) is 25.2. The first-order chi connectivity index (χ1) is 14.4. The fourth-order valence-corrected chi connectivity index (χ4v) is 3.08. The van der Waals surface area contributed by atoms with E-state index < -0.39 is 65.7 Å². The number of rotatable bonds is 4. The summed E-state index contributed by atoms with van der Waals surface area (Å²) in [6.45, 7) is 6.46. The number of carbonyl (C=O) groups is 3. The van der Waals surface area contributed by atoms with E-state index in [0.29, 0.717) is 0 Å². The fraction of sp³-hybridized carbons (Fsp3) is 0.429. The lowest BCUT2D eigenvalue weighted by molar-refractivity contribution is -0.175. The number of halogens is 3. The average Bonchev–Trinajstić information content (AvgIpc) is 2.88. The molecule has 1 aliphatic rings. The Morgan fingerprint density at radius 2 is 1.77 bits per heavy atom. The molecule has 1 aromatic carbocycles. The summed E-state index contributed by atoms with van der Waals surface area (Å²) in [4.78, 5) is 34.8. The molecule has 0 N–H and O–H groups in total. The Bertz CT molecular complexity index is 916. The maximum Gasteiger partial charge on any atom is 0.417 e. The van der Waals surface area contributed by atoms with Crippen LogP contribution in [0.4, 0.5) is 13.2 Å². The SMILES string of the molecule is [CH2][C@@H]1O[C@H](COC(C)=O)[C@@](C#Cc2ccccc2C(F)(F)F)(OC(C)=O)[C@H]1OC(C)=O. The van der Waals surface area contributed by atoms with Crippen molar-refractivity contribution in [2.75, 3.05) is 6.61 Å². The van der Waals surface area contributed by atoms with Crippen LogP contribution in [0.25, 0.3) is 0 Å². The average molecular weight is 441 g/mol. The van der Waals surface area contributed by atoms with Crippen LogP contribution in [0.5, 0.6) is 0 Å². The molecule has 2 rings (SSSR count). The van der Waals surface area contributed by atoms with Gasteiger partial charge in [-0.3, -0.25) is 14.4 Å². The Morgan fingerprint density at radius 3 is 2.32 bits per heavy atom. The number of hydrogen-bond donors (Lipinski definition) is 0. The molecule has 4 atom stereocenters. The second-order valence-electron chi connectivity index (χ2n) is 6.68. The number of esters is 3. The quantitative estimate of drug-likeness (QED) is 0.403. The fourth-order valence-electron chi connectivity index (χ4n) is 3.08. The van der Waals surface area contributed by atoms with E-state index in [1.807, 2.05) is 0 Å². The van der Waals surface area contributed by atoms with Gasteiger partial charge in [0.15, 0.2) is 6.10 Å². The lowest BCUT2D eigenvalue weighted by atomic mass is 9.90. The summed E-state index contributed by atoms with van der Waals surface area (Å²) in [6, 6.07) is 4.53. The molecule has 1 saturated heterocycles. The van der Waals surface area contributed by atoms with Crippen LogP contribution in [0.15, 0.2) is 24.3 Å². The van der Waals surface area contributed by atoms with Crippen molar-refractivity contribution >= 4 is 17.9 Å². The second-order valence-corrected chi connectivity index (χ2v) is 6.68. The van der Waals surface area contributed by atoms with Crippen LogP contribution in [0.1, 0.15) is 31.9 Å². The Labute approximate surface area is 176 Å². The van der Waals surface area contributed by atoms with Crippen LogP contribution in [-0.4, -0.2) is 48.4 Å². The van der Waals surface area contributed by atoms with Gasteiger partial charge in [-0.2, -0.15) is 13.2 Å². The van der Waals surface area contributed by atoms with Crippen molar-refractivity contribution in [3.63, 3.8) is 0 Å². The van der Waals surface area contributed by atoms with Crippen molar-refractivity contribution < 1.29 is 46.5 Å². The number of ether oxygens (including phenoxy) is 4. The molecule has 0 unspecified atom stereocenters. The van der Waals surface area contributed by atoms with Gasteiger partial charge in [0.1, 0.15) is 18.8 Å².